The van der Waals surface area contributed by atoms with E-state index in [-0.39, 0.29) is 24.6 Å². The van der Waals surface area contributed by atoms with Gasteiger partial charge in [-0.25, -0.2) is 4.98 Å². The van der Waals surface area contributed by atoms with Crippen molar-refractivity contribution in [2.24, 2.45) is 0 Å². The summed E-state index contributed by atoms with van der Waals surface area (Å²) in [6.07, 6.45) is 4.45. The molecule has 3 aromatic carbocycles. The van der Waals surface area contributed by atoms with E-state index in [2.05, 4.69) is 10.2 Å². The molecule has 0 bridgehead atoms. The molecular formula is C33H32N4O4. The van der Waals surface area contributed by atoms with Gasteiger partial charge in [0.2, 0.25) is 6.79 Å². The lowest BCUT2D eigenvalue weighted by Gasteiger charge is -2.29. The molecule has 1 atom stereocenters. The van der Waals surface area contributed by atoms with Crippen molar-refractivity contribution in [3.05, 3.63) is 83.9 Å². The second kappa shape index (κ2) is 10.9. The number of ether oxygens (including phenoxy) is 2. The summed E-state index contributed by atoms with van der Waals surface area (Å²) >= 11 is 0. The Morgan fingerprint density at radius 2 is 1.63 bits per heavy atom. The van der Waals surface area contributed by atoms with Gasteiger partial charge in [0.05, 0.1) is 11.1 Å². The lowest BCUT2D eigenvalue weighted by atomic mass is 9.99. The van der Waals surface area contributed by atoms with Gasteiger partial charge in [-0.2, -0.15) is 0 Å². The van der Waals surface area contributed by atoms with Crippen molar-refractivity contribution >= 4 is 28.5 Å². The highest BCUT2D eigenvalue weighted by Gasteiger charge is 2.32. The van der Waals surface area contributed by atoms with E-state index in [0.717, 1.165) is 61.3 Å². The molecule has 2 fully saturated rings. The number of likely N-dealkylation sites (tertiary alicyclic amines) is 2. The summed E-state index contributed by atoms with van der Waals surface area (Å²) in [4.78, 5) is 36.5. The lowest BCUT2D eigenvalue weighted by molar-refractivity contribution is 0.0710. The average molecular weight is 549 g/mol. The standard InChI is InChI=1S/C33H32N4O4/c38-32(22-7-2-1-3-8-22)35-31-19-27(33(39)37-16-6-9-25(37)20-36-14-4-5-15-36)26-17-23(10-12-28(26)34-31)24-11-13-29-30(18-24)41-21-40-29/h1-3,7-8,10-13,17-19,25H,4-6,9,14-16,20-21H2,(H,34,35,38)/t25-/m0/s1. The summed E-state index contributed by atoms with van der Waals surface area (Å²) in [5, 5.41) is 3.68. The Kier molecular flexibility index (Phi) is 6.76. The van der Waals surface area contributed by atoms with E-state index in [9.17, 15) is 9.59 Å². The van der Waals surface area contributed by atoms with E-state index in [0.29, 0.717) is 28.2 Å². The van der Waals surface area contributed by atoms with Crippen molar-refractivity contribution in [1.29, 1.82) is 0 Å². The van der Waals surface area contributed by atoms with Crippen LogP contribution in [-0.4, -0.2) is 65.6 Å². The maximum Gasteiger partial charge on any atom is 0.256 e. The number of pyridine rings is 1. The van der Waals surface area contributed by atoms with Gasteiger partial charge in [0.25, 0.3) is 11.8 Å². The van der Waals surface area contributed by atoms with Gasteiger partial charge in [-0.15, -0.1) is 0 Å². The summed E-state index contributed by atoms with van der Waals surface area (Å²) in [6, 6.07) is 22.7. The van der Waals surface area contributed by atoms with Gasteiger partial charge < -0.3 is 24.6 Å². The van der Waals surface area contributed by atoms with Gasteiger partial charge in [0.1, 0.15) is 5.82 Å². The number of rotatable bonds is 6. The molecule has 0 radical (unpaired) electrons. The van der Waals surface area contributed by atoms with Crippen LogP contribution in [0.25, 0.3) is 22.0 Å². The highest BCUT2D eigenvalue weighted by molar-refractivity contribution is 6.10. The Morgan fingerprint density at radius 3 is 2.49 bits per heavy atom. The van der Waals surface area contributed by atoms with Crippen LogP contribution in [0.5, 0.6) is 11.5 Å². The first kappa shape index (κ1) is 25.5. The molecule has 0 spiro atoms. The van der Waals surface area contributed by atoms with Gasteiger partial charge in [-0.1, -0.05) is 30.3 Å². The largest absolute Gasteiger partial charge is 0.454 e. The number of carbonyl (C=O) groups excluding carboxylic acids is 2. The Balaban J connectivity index is 1.27. The number of benzene rings is 3. The monoisotopic (exact) mass is 548 g/mol. The molecule has 2 amide bonds. The minimum absolute atomic E-state index is 0.0165. The number of carbonyl (C=O) groups is 2. The highest BCUT2D eigenvalue weighted by Crippen LogP contribution is 2.37. The molecule has 41 heavy (non-hydrogen) atoms. The SMILES string of the molecule is O=C(Nc1cc(C(=O)N2CCC[C@H]2CN2CCCC2)c2cc(-c3ccc4c(c3)OCO4)ccc2n1)c1ccccc1. The molecular weight excluding hydrogens is 516 g/mol. The first-order valence-corrected chi connectivity index (χ1v) is 14.4. The molecule has 0 unspecified atom stereocenters. The fourth-order valence-electron chi connectivity index (χ4n) is 6.21. The molecule has 7 rings (SSSR count). The van der Waals surface area contributed by atoms with E-state index < -0.39 is 0 Å². The number of hydrogen-bond donors (Lipinski definition) is 1. The number of nitrogens with one attached hydrogen (secondary N) is 1. The van der Waals surface area contributed by atoms with Crippen molar-refractivity contribution in [3.8, 4) is 22.6 Å². The minimum atomic E-state index is -0.263. The second-order valence-electron chi connectivity index (χ2n) is 11.0. The van der Waals surface area contributed by atoms with E-state index in [1.54, 1.807) is 18.2 Å². The van der Waals surface area contributed by atoms with Crippen molar-refractivity contribution in [2.75, 3.05) is 38.3 Å². The van der Waals surface area contributed by atoms with Gasteiger partial charge in [0, 0.05) is 30.1 Å². The van der Waals surface area contributed by atoms with Crippen molar-refractivity contribution < 1.29 is 19.1 Å². The Hall–Kier alpha value is -4.43. The first-order valence-electron chi connectivity index (χ1n) is 14.4. The molecule has 8 heteroatoms. The van der Waals surface area contributed by atoms with Gasteiger partial charge in [-0.3, -0.25) is 9.59 Å². The van der Waals surface area contributed by atoms with Crippen LogP contribution in [0, 0.1) is 0 Å². The Bertz CT molecular complexity index is 1620. The quantitative estimate of drug-likeness (QED) is 0.339. The topological polar surface area (TPSA) is 84.0 Å². The summed E-state index contributed by atoms with van der Waals surface area (Å²) in [5.74, 6) is 1.51. The fourth-order valence-corrected chi connectivity index (χ4v) is 6.21. The molecule has 0 saturated carbocycles. The van der Waals surface area contributed by atoms with Gasteiger partial charge in [0.15, 0.2) is 11.5 Å². The van der Waals surface area contributed by atoms with Gasteiger partial charge >= 0.3 is 0 Å². The van der Waals surface area contributed by atoms with Crippen LogP contribution in [0.2, 0.25) is 0 Å². The summed E-state index contributed by atoms with van der Waals surface area (Å²) in [5.41, 5.74) is 3.64. The van der Waals surface area contributed by atoms with Crippen molar-refractivity contribution in [1.82, 2.24) is 14.8 Å². The second-order valence-corrected chi connectivity index (χ2v) is 11.0. The van der Waals surface area contributed by atoms with Crippen molar-refractivity contribution in [3.63, 3.8) is 0 Å². The highest BCUT2D eigenvalue weighted by atomic mass is 16.7. The minimum Gasteiger partial charge on any atom is -0.454 e. The molecule has 3 aliphatic heterocycles. The molecule has 0 aliphatic carbocycles. The predicted molar refractivity (Wildman–Crippen MR) is 157 cm³/mol. The summed E-state index contributed by atoms with van der Waals surface area (Å²) in [6.45, 7) is 4.06. The Morgan fingerprint density at radius 1 is 0.854 bits per heavy atom. The molecule has 4 heterocycles. The zero-order valence-electron chi connectivity index (χ0n) is 22.8. The maximum atomic E-state index is 14.3. The summed E-state index contributed by atoms with van der Waals surface area (Å²) < 4.78 is 11.1. The normalized spacial score (nSPS) is 18.2. The van der Waals surface area contributed by atoms with Crippen LogP contribution in [0.1, 0.15) is 46.4 Å². The summed E-state index contributed by atoms with van der Waals surface area (Å²) in [7, 11) is 0. The van der Waals surface area contributed by atoms with Crippen LogP contribution in [0.4, 0.5) is 5.82 Å². The first-order chi connectivity index (χ1) is 20.1. The fraction of sp³-hybridized carbons (Fsp3) is 0.303. The van der Waals surface area contributed by atoms with E-state index >= 15 is 0 Å². The van der Waals surface area contributed by atoms with Crippen LogP contribution >= 0.6 is 0 Å². The predicted octanol–water partition coefficient (Wildman–Crippen LogP) is 5.58. The zero-order chi connectivity index (χ0) is 27.8. The van der Waals surface area contributed by atoms with Crippen LogP contribution in [0.15, 0.2) is 72.8 Å². The number of hydrogen-bond acceptors (Lipinski definition) is 6. The van der Waals surface area contributed by atoms with E-state index in [1.165, 1.54) is 12.8 Å². The smallest absolute Gasteiger partial charge is 0.256 e. The number of fused-ring (bicyclic) bond motifs is 2. The third-order valence-corrected chi connectivity index (χ3v) is 8.33. The van der Waals surface area contributed by atoms with Crippen LogP contribution in [0.3, 0.4) is 0 Å². The molecule has 2 saturated heterocycles. The van der Waals surface area contributed by atoms with Crippen molar-refractivity contribution in [2.45, 2.75) is 31.7 Å². The number of anilines is 1. The molecule has 1 N–H and O–H groups in total. The zero-order valence-corrected chi connectivity index (χ0v) is 22.8. The number of nitrogens with zero attached hydrogens (tertiary/aromatic N) is 3. The third-order valence-electron chi connectivity index (χ3n) is 8.33. The maximum absolute atomic E-state index is 14.3. The Labute approximate surface area is 238 Å². The third kappa shape index (κ3) is 5.11. The van der Waals surface area contributed by atoms with Gasteiger partial charge in [-0.05, 0) is 92.4 Å². The lowest BCUT2D eigenvalue weighted by Crippen LogP contribution is -2.42. The molecule has 208 valence electrons. The van der Waals surface area contributed by atoms with Crippen LogP contribution in [-0.2, 0) is 0 Å². The average Bonchev–Trinajstić information content (AvgIpc) is 3.79. The number of amides is 2. The number of aromatic nitrogens is 1. The van der Waals surface area contributed by atoms with E-state index in [1.807, 2.05) is 59.5 Å². The molecule has 3 aliphatic rings. The molecule has 8 nitrogen and oxygen atoms in total. The van der Waals surface area contributed by atoms with Crippen LogP contribution < -0.4 is 14.8 Å². The molecule has 1 aromatic heterocycles. The molecule has 4 aromatic rings. The van der Waals surface area contributed by atoms with E-state index in [4.69, 9.17) is 14.5 Å².